The van der Waals surface area contributed by atoms with Crippen molar-refractivity contribution in [1.82, 2.24) is 30.0 Å². The summed E-state index contributed by atoms with van der Waals surface area (Å²) in [7, 11) is 3.46. The predicted molar refractivity (Wildman–Crippen MR) is 54.8 cm³/mol. The zero-order valence-electron chi connectivity index (χ0n) is 9.38. The molecule has 2 aromatic rings. The van der Waals surface area contributed by atoms with Crippen molar-refractivity contribution in [3.05, 3.63) is 23.3 Å². The van der Waals surface area contributed by atoms with Crippen molar-refractivity contribution in [2.24, 2.45) is 14.1 Å². The van der Waals surface area contributed by atoms with Gasteiger partial charge in [0.05, 0.1) is 25.2 Å². The van der Waals surface area contributed by atoms with Gasteiger partial charge in [-0.25, -0.2) is 0 Å². The van der Waals surface area contributed by atoms with Crippen LogP contribution in [0.3, 0.4) is 0 Å². The van der Waals surface area contributed by atoms with Crippen molar-refractivity contribution in [3.8, 4) is 0 Å². The summed E-state index contributed by atoms with van der Waals surface area (Å²) in [4.78, 5) is 13.2. The van der Waals surface area contributed by atoms with E-state index in [1.54, 1.807) is 25.0 Å². The number of nitrogens with zero attached hydrogens (tertiary/aromatic N) is 6. The number of carbonyl (C=O) groups excluding carboxylic acids is 1. The lowest BCUT2D eigenvalue weighted by molar-refractivity contribution is 0.0990. The number of ketones is 1. The minimum atomic E-state index is -0.0430. The number of tetrazole rings is 1. The molecule has 16 heavy (non-hydrogen) atoms. The van der Waals surface area contributed by atoms with Crippen molar-refractivity contribution < 1.29 is 4.79 Å². The Bertz CT molecular complexity index is 526. The smallest absolute Gasteiger partial charge is 0.182 e. The van der Waals surface area contributed by atoms with Crippen molar-refractivity contribution in [1.29, 1.82) is 0 Å². The molecule has 0 bridgehead atoms. The second kappa shape index (κ2) is 3.84. The lowest BCUT2D eigenvalue weighted by Gasteiger charge is -1.97. The van der Waals surface area contributed by atoms with Crippen LogP contribution in [0.15, 0.2) is 6.20 Å². The fourth-order valence-corrected chi connectivity index (χ4v) is 1.41. The van der Waals surface area contributed by atoms with Gasteiger partial charge in [-0.15, -0.1) is 10.2 Å². The van der Waals surface area contributed by atoms with Gasteiger partial charge in [-0.1, -0.05) is 0 Å². The summed E-state index contributed by atoms with van der Waals surface area (Å²) in [6.45, 7) is 1.85. The normalized spacial score (nSPS) is 10.7. The second-order valence-corrected chi connectivity index (χ2v) is 3.56. The van der Waals surface area contributed by atoms with E-state index in [-0.39, 0.29) is 12.2 Å². The van der Waals surface area contributed by atoms with Gasteiger partial charge in [0.25, 0.3) is 0 Å². The zero-order valence-corrected chi connectivity index (χ0v) is 9.38. The Kier molecular flexibility index (Phi) is 2.51. The molecular formula is C9H12N6O. The van der Waals surface area contributed by atoms with Gasteiger partial charge in [-0.2, -0.15) is 9.90 Å². The summed E-state index contributed by atoms with van der Waals surface area (Å²) in [5.41, 5.74) is 1.45. The molecule has 0 saturated heterocycles. The highest BCUT2D eigenvalue weighted by molar-refractivity contribution is 5.97. The number of aromatic nitrogens is 6. The second-order valence-electron chi connectivity index (χ2n) is 3.56. The van der Waals surface area contributed by atoms with Crippen LogP contribution in [-0.2, 0) is 20.5 Å². The number of aryl methyl sites for hydroxylation is 2. The summed E-state index contributed by atoms with van der Waals surface area (Å²) in [6, 6.07) is 0. The molecule has 84 valence electrons. The molecule has 0 N–H and O–H groups in total. The molecule has 0 unspecified atom stereocenters. The van der Waals surface area contributed by atoms with E-state index in [0.717, 1.165) is 5.69 Å². The van der Waals surface area contributed by atoms with E-state index < -0.39 is 0 Å². The summed E-state index contributed by atoms with van der Waals surface area (Å²) >= 11 is 0. The summed E-state index contributed by atoms with van der Waals surface area (Å²) in [5.74, 6) is 0.384. The predicted octanol–water partition coefficient (Wildman–Crippen LogP) is -0.323. The number of hydrogen-bond donors (Lipinski definition) is 0. The molecule has 7 nitrogen and oxygen atoms in total. The van der Waals surface area contributed by atoms with E-state index in [4.69, 9.17) is 0 Å². The van der Waals surface area contributed by atoms with Gasteiger partial charge in [0.15, 0.2) is 11.6 Å². The van der Waals surface area contributed by atoms with Gasteiger partial charge < -0.3 is 0 Å². The molecule has 0 fully saturated rings. The average Bonchev–Trinajstić information content (AvgIpc) is 2.76. The third-order valence-corrected chi connectivity index (χ3v) is 2.40. The molecule has 0 saturated carbocycles. The maximum absolute atomic E-state index is 11.9. The van der Waals surface area contributed by atoms with Crippen molar-refractivity contribution in [3.63, 3.8) is 0 Å². The number of carbonyl (C=O) groups is 1. The minimum Gasteiger partial charge on any atom is -0.294 e. The molecule has 0 amide bonds. The summed E-state index contributed by atoms with van der Waals surface area (Å²) < 4.78 is 1.66. The first-order chi connectivity index (χ1) is 7.58. The van der Waals surface area contributed by atoms with Crippen LogP contribution in [-0.4, -0.2) is 35.8 Å². The highest BCUT2D eigenvalue weighted by Crippen LogP contribution is 2.08. The molecule has 2 aromatic heterocycles. The van der Waals surface area contributed by atoms with Crippen LogP contribution in [0.2, 0.25) is 0 Å². The SMILES string of the molecule is Cc1c(C(=O)Cc2nnn(C)n2)cnn1C. The number of rotatable bonds is 3. The average molecular weight is 220 g/mol. The van der Waals surface area contributed by atoms with E-state index in [1.165, 1.54) is 4.80 Å². The van der Waals surface area contributed by atoms with E-state index in [1.807, 2.05) is 6.92 Å². The molecular weight excluding hydrogens is 208 g/mol. The molecule has 0 aliphatic heterocycles. The Morgan fingerprint density at radius 1 is 1.44 bits per heavy atom. The highest BCUT2D eigenvalue weighted by Gasteiger charge is 2.15. The van der Waals surface area contributed by atoms with Crippen molar-refractivity contribution >= 4 is 5.78 Å². The highest BCUT2D eigenvalue weighted by atomic mass is 16.1. The number of hydrogen-bond acceptors (Lipinski definition) is 5. The largest absolute Gasteiger partial charge is 0.294 e. The maximum atomic E-state index is 11.9. The lowest BCUT2D eigenvalue weighted by atomic mass is 10.1. The Balaban J connectivity index is 2.18. The first-order valence-corrected chi connectivity index (χ1v) is 4.82. The Labute approximate surface area is 92.1 Å². The standard InChI is InChI=1S/C9H12N6O/c1-6-7(5-10-14(6)2)8(16)4-9-11-13-15(3)12-9/h5H,4H2,1-3H3. The summed E-state index contributed by atoms with van der Waals surface area (Å²) in [6.07, 6.45) is 1.72. The van der Waals surface area contributed by atoms with Gasteiger partial charge in [0.2, 0.25) is 0 Å². The minimum absolute atomic E-state index is 0.0430. The van der Waals surface area contributed by atoms with Gasteiger partial charge >= 0.3 is 0 Å². The summed E-state index contributed by atoms with van der Waals surface area (Å²) in [5, 5.41) is 15.4. The van der Waals surface area contributed by atoms with Gasteiger partial charge in [0.1, 0.15) is 0 Å². The lowest BCUT2D eigenvalue weighted by Crippen LogP contribution is -2.07. The van der Waals surface area contributed by atoms with Gasteiger partial charge in [0, 0.05) is 12.7 Å². The van der Waals surface area contributed by atoms with Crippen LogP contribution < -0.4 is 0 Å². The molecule has 2 rings (SSSR count). The number of Topliss-reactive ketones (excluding diaryl/α,β-unsaturated/α-hetero) is 1. The monoisotopic (exact) mass is 220 g/mol. The van der Waals surface area contributed by atoms with E-state index >= 15 is 0 Å². The van der Waals surface area contributed by atoms with Crippen LogP contribution in [0.5, 0.6) is 0 Å². The third kappa shape index (κ3) is 1.83. The molecule has 0 aliphatic rings. The Morgan fingerprint density at radius 2 is 2.19 bits per heavy atom. The van der Waals surface area contributed by atoms with Crippen LogP contribution in [0.1, 0.15) is 21.9 Å². The first-order valence-electron chi connectivity index (χ1n) is 4.82. The van der Waals surface area contributed by atoms with Crippen LogP contribution in [0, 0.1) is 6.92 Å². The van der Waals surface area contributed by atoms with Crippen molar-refractivity contribution in [2.75, 3.05) is 0 Å². The Morgan fingerprint density at radius 3 is 2.69 bits per heavy atom. The molecule has 7 heteroatoms. The van der Waals surface area contributed by atoms with Gasteiger partial charge in [-0.3, -0.25) is 9.48 Å². The quantitative estimate of drug-likeness (QED) is 0.662. The Hall–Kier alpha value is -2.05. The topological polar surface area (TPSA) is 78.5 Å². The van der Waals surface area contributed by atoms with Gasteiger partial charge in [-0.05, 0) is 12.1 Å². The van der Waals surface area contributed by atoms with Crippen LogP contribution >= 0.6 is 0 Å². The molecule has 2 heterocycles. The molecule has 0 radical (unpaired) electrons. The van der Waals surface area contributed by atoms with E-state index in [0.29, 0.717) is 11.4 Å². The zero-order chi connectivity index (χ0) is 11.7. The molecule has 0 aromatic carbocycles. The van der Waals surface area contributed by atoms with Crippen LogP contribution in [0.4, 0.5) is 0 Å². The van der Waals surface area contributed by atoms with E-state index in [2.05, 4.69) is 20.5 Å². The first kappa shape index (κ1) is 10.5. The maximum Gasteiger partial charge on any atom is 0.182 e. The van der Waals surface area contributed by atoms with Crippen LogP contribution in [0.25, 0.3) is 0 Å². The molecule has 0 spiro atoms. The van der Waals surface area contributed by atoms with Crippen molar-refractivity contribution in [2.45, 2.75) is 13.3 Å². The fraction of sp³-hybridized carbons (Fsp3) is 0.444. The van der Waals surface area contributed by atoms with E-state index in [9.17, 15) is 4.79 Å². The fourth-order valence-electron chi connectivity index (χ4n) is 1.41. The molecule has 0 atom stereocenters. The third-order valence-electron chi connectivity index (χ3n) is 2.40. The molecule has 0 aliphatic carbocycles.